The summed E-state index contributed by atoms with van der Waals surface area (Å²) in [5.74, 6) is -0.667. The van der Waals surface area contributed by atoms with E-state index in [9.17, 15) is 13.6 Å². The van der Waals surface area contributed by atoms with Crippen LogP contribution in [0.2, 0.25) is 0 Å². The Hall–Kier alpha value is -3.16. The molecule has 3 aromatic rings. The van der Waals surface area contributed by atoms with Crippen molar-refractivity contribution in [3.63, 3.8) is 0 Å². The maximum Gasteiger partial charge on any atom is 0.235 e. The fourth-order valence-electron chi connectivity index (χ4n) is 3.87. The zero-order chi connectivity index (χ0) is 19.7. The number of rotatable bonds is 4. The Kier molecular flexibility index (Phi) is 4.62. The van der Waals surface area contributed by atoms with Gasteiger partial charge in [-0.05, 0) is 66.1 Å². The summed E-state index contributed by atoms with van der Waals surface area (Å²) in [5.41, 5.74) is 0.452. The van der Waals surface area contributed by atoms with Crippen LogP contribution in [0.25, 0.3) is 5.69 Å². The third kappa shape index (κ3) is 3.15. The van der Waals surface area contributed by atoms with Crippen molar-refractivity contribution in [3.05, 3.63) is 65.5 Å². The van der Waals surface area contributed by atoms with E-state index in [0.717, 1.165) is 12.8 Å². The first-order chi connectivity index (χ1) is 13.5. The highest BCUT2D eigenvalue weighted by Gasteiger charge is 2.42. The molecule has 0 aliphatic heterocycles. The van der Waals surface area contributed by atoms with Crippen molar-refractivity contribution in [1.29, 1.82) is 0 Å². The maximum absolute atomic E-state index is 14.3. The van der Waals surface area contributed by atoms with E-state index in [-0.39, 0.29) is 17.4 Å². The Morgan fingerprint density at radius 2 is 1.93 bits per heavy atom. The average Bonchev–Trinajstić information content (AvgIpc) is 3.33. The van der Waals surface area contributed by atoms with Gasteiger partial charge in [-0.3, -0.25) is 4.79 Å². The smallest absolute Gasteiger partial charge is 0.235 e. The molecule has 0 saturated heterocycles. The fourth-order valence-corrected chi connectivity index (χ4v) is 3.87. The van der Waals surface area contributed by atoms with Crippen molar-refractivity contribution in [3.8, 4) is 5.69 Å². The zero-order valence-corrected chi connectivity index (χ0v) is 15.3. The van der Waals surface area contributed by atoms with E-state index >= 15 is 0 Å². The molecule has 4 rings (SSSR count). The molecule has 144 valence electrons. The summed E-state index contributed by atoms with van der Waals surface area (Å²) in [4.78, 5) is 13.2. The summed E-state index contributed by atoms with van der Waals surface area (Å²) >= 11 is 0. The molecule has 1 saturated carbocycles. The molecule has 1 fully saturated rings. The Morgan fingerprint density at radius 1 is 1.14 bits per heavy atom. The van der Waals surface area contributed by atoms with Gasteiger partial charge in [-0.2, -0.15) is 4.68 Å². The van der Waals surface area contributed by atoms with Gasteiger partial charge in [-0.15, -0.1) is 5.10 Å². The number of hydrogen-bond acceptors (Lipinski definition) is 4. The number of carbonyl (C=O) groups is 1. The molecule has 0 unspecified atom stereocenters. The Bertz CT molecular complexity index is 1030. The molecule has 0 atom stereocenters. The molecule has 0 spiro atoms. The standard InChI is InChI=1S/C20H19F2N5O/c1-13-24-25-26-27(13)18-12-16(7-8-17(18)22)23-19(28)20(9-2-3-10-20)14-5-4-6-15(21)11-14/h4-8,11-12H,2-3,9-10H2,1H3,(H,23,28). The van der Waals surface area contributed by atoms with Gasteiger partial charge in [0, 0.05) is 5.69 Å². The van der Waals surface area contributed by atoms with Gasteiger partial charge in [0.2, 0.25) is 5.91 Å². The maximum atomic E-state index is 14.3. The molecular weight excluding hydrogens is 364 g/mol. The molecule has 6 nitrogen and oxygen atoms in total. The number of halogens is 2. The number of amides is 1. The summed E-state index contributed by atoms with van der Waals surface area (Å²) in [5, 5.41) is 13.9. The molecule has 8 heteroatoms. The molecule has 28 heavy (non-hydrogen) atoms. The van der Waals surface area contributed by atoms with Crippen LogP contribution in [0.4, 0.5) is 14.5 Å². The van der Waals surface area contributed by atoms with E-state index in [1.807, 2.05) is 0 Å². The van der Waals surface area contributed by atoms with Crippen LogP contribution in [0.5, 0.6) is 0 Å². The highest BCUT2D eigenvalue weighted by molar-refractivity contribution is 5.99. The summed E-state index contributed by atoms with van der Waals surface area (Å²) in [6, 6.07) is 10.4. The number of nitrogens with zero attached hydrogens (tertiary/aromatic N) is 4. The van der Waals surface area contributed by atoms with E-state index in [4.69, 9.17) is 0 Å². The first-order valence-electron chi connectivity index (χ1n) is 9.12. The van der Waals surface area contributed by atoms with Gasteiger partial charge in [-0.25, -0.2) is 8.78 Å². The Balaban J connectivity index is 1.67. The van der Waals surface area contributed by atoms with E-state index in [2.05, 4.69) is 20.8 Å². The normalized spacial score (nSPS) is 15.5. The molecule has 1 aromatic heterocycles. The van der Waals surface area contributed by atoms with Crippen LogP contribution in [0.3, 0.4) is 0 Å². The monoisotopic (exact) mass is 383 g/mol. The van der Waals surface area contributed by atoms with Crippen molar-refractivity contribution in [2.75, 3.05) is 5.32 Å². The van der Waals surface area contributed by atoms with Gasteiger partial charge in [0.1, 0.15) is 17.3 Å². The fraction of sp³-hybridized carbons (Fsp3) is 0.300. The summed E-state index contributed by atoms with van der Waals surface area (Å²) in [6.07, 6.45) is 3.07. The second-order valence-electron chi connectivity index (χ2n) is 7.06. The molecule has 0 radical (unpaired) electrons. The largest absolute Gasteiger partial charge is 0.325 e. The predicted molar refractivity (Wildman–Crippen MR) is 99.0 cm³/mol. The molecule has 2 aromatic carbocycles. The molecular formula is C20H19F2N5O. The summed E-state index contributed by atoms with van der Waals surface area (Å²) in [6.45, 7) is 1.65. The Labute approximate surface area is 160 Å². The van der Waals surface area contributed by atoms with Crippen LogP contribution in [0, 0.1) is 18.6 Å². The number of nitrogens with one attached hydrogen (secondary N) is 1. The number of tetrazole rings is 1. The minimum Gasteiger partial charge on any atom is -0.325 e. The van der Waals surface area contributed by atoms with Gasteiger partial charge in [0.25, 0.3) is 0 Å². The van der Waals surface area contributed by atoms with Crippen LogP contribution < -0.4 is 5.32 Å². The summed E-state index contributed by atoms with van der Waals surface area (Å²) in [7, 11) is 0. The second-order valence-corrected chi connectivity index (χ2v) is 7.06. The van der Waals surface area contributed by atoms with Crippen LogP contribution >= 0.6 is 0 Å². The van der Waals surface area contributed by atoms with E-state index in [1.54, 1.807) is 19.1 Å². The van der Waals surface area contributed by atoms with E-state index < -0.39 is 11.2 Å². The van der Waals surface area contributed by atoms with Crippen molar-refractivity contribution in [2.24, 2.45) is 0 Å². The molecule has 1 N–H and O–H groups in total. The number of benzene rings is 2. The summed E-state index contributed by atoms with van der Waals surface area (Å²) < 4.78 is 29.3. The van der Waals surface area contributed by atoms with Gasteiger partial charge in [0.15, 0.2) is 5.82 Å². The lowest BCUT2D eigenvalue weighted by molar-refractivity contribution is -0.121. The van der Waals surface area contributed by atoms with Crippen molar-refractivity contribution in [1.82, 2.24) is 20.2 Å². The number of carbonyl (C=O) groups excluding carboxylic acids is 1. The van der Waals surface area contributed by atoms with Gasteiger partial charge >= 0.3 is 0 Å². The number of aromatic nitrogens is 4. The van der Waals surface area contributed by atoms with Gasteiger partial charge in [-0.1, -0.05) is 25.0 Å². The lowest BCUT2D eigenvalue weighted by Crippen LogP contribution is -2.38. The van der Waals surface area contributed by atoms with E-state index in [1.165, 1.54) is 35.0 Å². The minimum atomic E-state index is -0.790. The topological polar surface area (TPSA) is 72.7 Å². The van der Waals surface area contributed by atoms with Gasteiger partial charge < -0.3 is 5.32 Å². The third-order valence-electron chi connectivity index (χ3n) is 5.33. The van der Waals surface area contributed by atoms with Crippen LogP contribution in [0.1, 0.15) is 37.1 Å². The zero-order valence-electron chi connectivity index (χ0n) is 15.3. The lowest BCUT2D eigenvalue weighted by atomic mass is 9.78. The number of anilines is 1. The minimum absolute atomic E-state index is 0.145. The molecule has 1 aliphatic rings. The Morgan fingerprint density at radius 3 is 2.61 bits per heavy atom. The molecule has 1 amide bonds. The van der Waals surface area contributed by atoms with Crippen molar-refractivity contribution >= 4 is 11.6 Å². The third-order valence-corrected chi connectivity index (χ3v) is 5.33. The van der Waals surface area contributed by atoms with Gasteiger partial charge in [0.05, 0.1) is 5.41 Å². The predicted octanol–water partition coefficient (Wildman–Crippen LogP) is 3.70. The van der Waals surface area contributed by atoms with Crippen molar-refractivity contribution < 1.29 is 13.6 Å². The van der Waals surface area contributed by atoms with Crippen LogP contribution in [0.15, 0.2) is 42.5 Å². The average molecular weight is 383 g/mol. The molecule has 0 bridgehead atoms. The highest BCUT2D eigenvalue weighted by Crippen LogP contribution is 2.42. The first kappa shape index (κ1) is 18.2. The quantitative estimate of drug-likeness (QED) is 0.746. The first-order valence-corrected chi connectivity index (χ1v) is 9.12. The van der Waals surface area contributed by atoms with E-state index in [0.29, 0.717) is 29.9 Å². The van der Waals surface area contributed by atoms with Crippen LogP contribution in [-0.4, -0.2) is 26.1 Å². The number of hydrogen-bond donors (Lipinski definition) is 1. The van der Waals surface area contributed by atoms with Crippen LogP contribution in [-0.2, 0) is 10.2 Å². The highest BCUT2D eigenvalue weighted by atomic mass is 19.1. The SMILES string of the molecule is Cc1nnnn1-c1cc(NC(=O)C2(c3cccc(F)c3)CCCC2)ccc1F. The molecule has 1 aliphatic carbocycles. The lowest BCUT2D eigenvalue weighted by Gasteiger charge is -2.28. The molecule has 1 heterocycles. The van der Waals surface area contributed by atoms with Crippen molar-refractivity contribution in [2.45, 2.75) is 38.0 Å². The second kappa shape index (κ2) is 7.10. The number of aryl methyl sites for hydroxylation is 1.